The van der Waals surface area contributed by atoms with Crippen LogP contribution in [0.4, 0.5) is 0 Å². The summed E-state index contributed by atoms with van der Waals surface area (Å²) in [6.45, 7) is 5.56. The summed E-state index contributed by atoms with van der Waals surface area (Å²) in [4.78, 5) is 4.50. The Hall–Kier alpha value is -0.830. The molecule has 1 aliphatic rings. The van der Waals surface area contributed by atoms with Gasteiger partial charge in [-0.2, -0.15) is 0 Å². The first kappa shape index (κ1) is 13.6. The minimum atomic E-state index is -0.0114. The molecule has 1 saturated carbocycles. The number of aromatic nitrogens is 2. The second-order valence-corrected chi connectivity index (χ2v) is 5.93. The maximum Gasteiger partial charge on any atom is 0.110 e. The van der Waals surface area contributed by atoms with Gasteiger partial charge in [-0.1, -0.05) is 20.3 Å². The second-order valence-electron chi connectivity index (χ2n) is 5.93. The molecule has 2 N–H and O–H groups in total. The molecule has 18 heavy (non-hydrogen) atoms. The van der Waals surface area contributed by atoms with E-state index in [4.69, 9.17) is 5.73 Å². The molecule has 1 aromatic heterocycles. The standard InChI is InChI=1S/C15H27N3/c1-3-10-18-11-9-17-14(18)12-15(16)7-5-13(4-2)6-8-15/h9,11,13H,3-8,10,12,16H2,1-2H3. The number of nitrogens with two attached hydrogens (primary N) is 1. The molecular formula is C15H27N3. The minimum Gasteiger partial charge on any atom is -0.335 e. The fourth-order valence-electron chi connectivity index (χ4n) is 3.10. The van der Waals surface area contributed by atoms with Crippen LogP contribution in [0.2, 0.25) is 0 Å². The Labute approximate surface area is 111 Å². The number of hydrogen-bond donors (Lipinski definition) is 1. The van der Waals surface area contributed by atoms with Crippen molar-refractivity contribution in [2.75, 3.05) is 0 Å². The lowest BCUT2D eigenvalue weighted by Gasteiger charge is -2.36. The summed E-state index contributed by atoms with van der Waals surface area (Å²) in [6, 6.07) is 0. The molecule has 0 bridgehead atoms. The Morgan fingerprint density at radius 2 is 2.11 bits per heavy atom. The quantitative estimate of drug-likeness (QED) is 0.871. The van der Waals surface area contributed by atoms with Gasteiger partial charge in [-0.15, -0.1) is 0 Å². The number of rotatable bonds is 5. The predicted octanol–water partition coefficient (Wildman–Crippen LogP) is 3.13. The molecule has 0 saturated heterocycles. The molecule has 0 aliphatic heterocycles. The fourth-order valence-corrected chi connectivity index (χ4v) is 3.10. The number of imidazole rings is 1. The minimum absolute atomic E-state index is 0.0114. The third-order valence-corrected chi connectivity index (χ3v) is 4.45. The van der Waals surface area contributed by atoms with Gasteiger partial charge in [0.2, 0.25) is 0 Å². The van der Waals surface area contributed by atoms with Crippen molar-refractivity contribution in [3.8, 4) is 0 Å². The van der Waals surface area contributed by atoms with Gasteiger partial charge in [0.1, 0.15) is 5.82 Å². The van der Waals surface area contributed by atoms with Crippen molar-refractivity contribution in [3.63, 3.8) is 0 Å². The summed E-state index contributed by atoms with van der Waals surface area (Å²) < 4.78 is 2.26. The summed E-state index contributed by atoms with van der Waals surface area (Å²) in [6.07, 6.45) is 12.3. The Balaban J connectivity index is 1.98. The molecular weight excluding hydrogens is 222 g/mol. The summed E-state index contributed by atoms with van der Waals surface area (Å²) in [5, 5.41) is 0. The van der Waals surface area contributed by atoms with E-state index in [2.05, 4.69) is 29.6 Å². The monoisotopic (exact) mass is 249 g/mol. The van der Waals surface area contributed by atoms with Gasteiger partial charge in [0.25, 0.3) is 0 Å². The SMILES string of the molecule is CCCn1ccnc1CC1(N)CCC(CC)CC1. The molecule has 3 heteroatoms. The van der Waals surface area contributed by atoms with Crippen LogP contribution < -0.4 is 5.73 Å². The lowest BCUT2D eigenvalue weighted by molar-refractivity contribution is 0.224. The van der Waals surface area contributed by atoms with E-state index >= 15 is 0 Å². The summed E-state index contributed by atoms with van der Waals surface area (Å²) in [5.41, 5.74) is 6.57. The molecule has 0 atom stereocenters. The van der Waals surface area contributed by atoms with Crippen LogP contribution >= 0.6 is 0 Å². The van der Waals surface area contributed by atoms with Crippen LogP contribution in [0, 0.1) is 5.92 Å². The van der Waals surface area contributed by atoms with Crippen molar-refractivity contribution in [2.24, 2.45) is 11.7 Å². The Kier molecular flexibility index (Phi) is 4.44. The van der Waals surface area contributed by atoms with E-state index in [1.165, 1.54) is 25.1 Å². The van der Waals surface area contributed by atoms with Crippen LogP contribution in [-0.2, 0) is 13.0 Å². The third-order valence-electron chi connectivity index (χ3n) is 4.45. The van der Waals surface area contributed by atoms with Crippen molar-refractivity contribution < 1.29 is 0 Å². The first-order chi connectivity index (χ1) is 8.67. The maximum atomic E-state index is 6.58. The van der Waals surface area contributed by atoms with Crippen LogP contribution in [0.15, 0.2) is 12.4 Å². The van der Waals surface area contributed by atoms with Gasteiger partial charge in [0, 0.05) is 30.9 Å². The average molecular weight is 249 g/mol. The zero-order valence-corrected chi connectivity index (χ0v) is 11.9. The molecule has 102 valence electrons. The highest BCUT2D eigenvalue weighted by Gasteiger charge is 2.32. The Morgan fingerprint density at radius 3 is 2.72 bits per heavy atom. The molecule has 0 spiro atoms. The molecule has 1 aromatic rings. The van der Waals surface area contributed by atoms with Crippen molar-refractivity contribution in [2.45, 2.75) is 70.9 Å². The number of hydrogen-bond acceptors (Lipinski definition) is 2. The molecule has 2 rings (SSSR count). The normalized spacial score (nSPS) is 28.5. The lowest BCUT2D eigenvalue weighted by Crippen LogP contribution is -2.45. The zero-order chi connectivity index (χ0) is 13.0. The van der Waals surface area contributed by atoms with Crippen LogP contribution in [0.3, 0.4) is 0 Å². The van der Waals surface area contributed by atoms with Crippen LogP contribution in [0.5, 0.6) is 0 Å². The van der Waals surface area contributed by atoms with Gasteiger partial charge in [-0.05, 0) is 38.0 Å². The van der Waals surface area contributed by atoms with Crippen molar-refractivity contribution in [1.29, 1.82) is 0 Å². The van der Waals surface area contributed by atoms with E-state index in [-0.39, 0.29) is 5.54 Å². The topological polar surface area (TPSA) is 43.8 Å². The summed E-state index contributed by atoms with van der Waals surface area (Å²) in [7, 11) is 0. The van der Waals surface area contributed by atoms with E-state index in [1.807, 2.05) is 6.20 Å². The largest absolute Gasteiger partial charge is 0.335 e. The van der Waals surface area contributed by atoms with Gasteiger partial charge < -0.3 is 10.3 Å². The Bertz CT molecular complexity index is 362. The van der Waals surface area contributed by atoms with Crippen molar-refractivity contribution in [1.82, 2.24) is 9.55 Å². The number of nitrogens with zero attached hydrogens (tertiary/aromatic N) is 2. The number of aryl methyl sites for hydroxylation is 1. The Morgan fingerprint density at radius 1 is 1.39 bits per heavy atom. The molecule has 0 aromatic carbocycles. The van der Waals surface area contributed by atoms with E-state index in [0.717, 1.165) is 38.1 Å². The van der Waals surface area contributed by atoms with Gasteiger partial charge in [0.15, 0.2) is 0 Å². The first-order valence-electron chi connectivity index (χ1n) is 7.46. The molecule has 1 aliphatic carbocycles. The summed E-state index contributed by atoms with van der Waals surface area (Å²) >= 11 is 0. The van der Waals surface area contributed by atoms with E-state index in [9.17, 15) is 0 Å². The highest BCUT2D eigenvalue weighted by molar-refractivity contribution is 5.02. The van der Waals surface area contributed by atoms with Gasteiger partial charge in [0.05, 0.1) is 0 Å². The highest BCUT2D eigenvalue weighted by Crippen LogP contribution is 2.33. The van der Waals surface area contributed by atoms with Crippen LogP contribution in [0.25, 0.3) is 0 Å². The van der Waals surface area contributed by atoms with Crippen molar-refractivity contribution >= 4 is 0 Å². The third kappa shape index (κ3) is 3.14. The van der Waals surface area contributed by atoms with E-state index in [1.54, 1.807) is 0 Å². The molecule has 3 nitrogen and oxygen atoms in total. The van der Waals surface area contributed by atoms with E-state index in [0.29, 0.717) is 0 Å². The summed E-state index contributed by atoms with van der Waals surface area (Å²) in [5.74, 6) is 2.08. The van der Waals surface area contributed by atoms with Crippen LogP contribution in [-0.4, -0.2) is 15.1 Å². The van der Waals surface area contributed by atoms with Gasteiger partial charge >= 0.3 is 0 Å². The van der Waals surface area contributed by atoms with Gasteiger partial charge in [-0.25, -0.2) is 4.98 Å². The smallest absolute Gasteiger partial charge is 0.110 e. The zero-order valence-electron chi connectivity index (χ0n) is 11.9. The maximum absolute atomic E-state index is 6.58. The lowest BCUT2D eigenvalue weighted by atomic mass is 9.74. The molecule has 1 heterocycles. The van der Waals surface area contributed by atoms with Crippen molar-refractivity contribution in [3.05, 3.63) is 18.2 Å². The molecule has 1 fully saturated rings. The molecule has 0 unspecified atom stereocenters. The van der Waals surface area contributed by atoms with Crippen LogP contribution in [0.1, 0.15) is 58.2 Å². The molecule has 0 radical (unpaired) electrons. The highest BCUT2D eigenvalue weighted by atomic mass is 15.1. The molecule has 0 amide bonds. The van der Waals surface area contributed by atoms with E-state index < -0.39 is 0 Å². The van der Waals surface area contributed by atoms with Gasteiger partial charge in [-0.3, -0.25) is 0 Å². The second kappa shape index (κ2) is 5.87. The fraction of sp³-hybridized carbons (Fsp3) is 0.800. The first-order valence-corrected chi connectivity index (χ1v) is 7.46. The predicted molar refractivity (Wildman–Crippen MR) is 75.4 cm³/mol. The average Bonchev–Trinajstić information content (AvgIpc) is 2.78.